The maximum Gasteiger partial charge on any atom is 0.326 e. The van der Waals surface area contributed by atoms with Gasteiger partial charge in [-0.1, -0.05) is 13.8 Å². The quantitative estimate of drug-likeness (QED) is 0.670. The van der Waals surface area contributed by atoms with Gasteiger partial charge >= 0.3 is 18.0 Å². The van der Waals surface area contributed by atoms with Crippen LogP contribution >= 0.6 is 0 Å². The number of aliphatic carboxylic acids is 1. The van der Waals surface area contributed by atoms with Crippen LogP contribution in [0, 0.1) is 5.92 Å². The molecule has 7 nitrogen and oxygen atoms in total. The topological polar surface area (TPSA) is 95.9 Å². The molecule has 2 amide bonds. The summed E-state index contributed by atoms with van der Waals surface area (Å²) in [6, 6.07) is -1.47. The van der Waals surface area contributed by atoms with Crippen LogP contribution in [0.15, 0.2) is 0 Å². The zero-order valence-corrected chi connectivity index (χ0v) is 11.1. The summed E-state index contributed by atoms with van der Waals surface area (Å²) >= 11 is 0. The number of amides is 2. The van der Waals surface area contributed by atoms with Gasteiger partial charge in [-0.25, -0.2) is 9.59 Å². The number of ether oxygens (including phenoxy) is 1. The Kier molecular flexibility index (Phi) is 6.77. The lowest BCUT2D eigenvalue weighted by Crippen LogP contribution is -2.49. The molecule has 7 heteroatoms. The van der Waals surface area contributed by atoms with Crippen molar-refractivity contribution in [2.75, 3.05) is 20.7 Å². The standard InChI is InChI=1S/C11H20N2O5/c1-7(2)9(10(15)16)12-11(17)13(3)6-5-8(14)18-4/h7,9H,5-6H2,1-4H3,(H,12,17)(H,15,16)/t9-/m1/s1. The summed E-state index contributed by atoms with van der Waals surface area (Å²) in [6.07, 6.45) is 0.0693. The fourth-order valence-electron chi connectivity index (χ4n) is 1.22. The molecule has 0 saturated heterocycles. The molecule has 0 spiro atoms. The van der Waals surface area contributed by atoms with E-state index in [-0.39, 0.29) is 18.9 Å². The number of carbonyl (C=O) groups excluding carboxylic acids is 2. The number of hydrogen-bond acceptors (Lipinski definition) is 4. The zero-order valence-electron chi connectivity index (χ0n) is 11.1. The summed E-state index contributed by atoms with van der Waals surface area (Å²) in [5.41, 5.74) is 0. The Morgan fingerprint density at radius 1 is 1.33 bits per heavy atom. The highest BCUT2D eigenvalue weighted by atomic mass is 16.5. The predicted octanol–water partition coefficient (Wildman–Crippen LogP) is 0.300. The fourth-order valence-corrected chi connectivity index (χ4v) is 1.22. The van der Waals surface area contributed by atoms with E-state index in [2.05, 4.69) is 10.1 Å². The number of nitrogens with one attached hydrogen (secondary N) is 1. The first-order chi connectivity index (χ1) is 8.29. The molecule has 0 heterocycles. The van der Waals surface area contributed by atoms with E-state index in [0.29, 0.717) is 0 Å². The summed E-state index contributed by atoms with van der Waals surface area (Å²) in [5.74, 6) is -1.73. The van der Waals surface area contributed by atoms with Gasteiger partial charge in [0.25, 0.3) is 0 Å². The van der Waals surface area contributed by atoms with Gasteiger partial charge in [-0.3, -0.25) is 4.79 Å². The second-order valence-corrected chi connectivity index (χ2v) is 4.26. The largest absolute Gasteiger partial charge is 0.480 e. The van der Waals surface area contributed by atoms with Gasteiger partial charge in [0.05, 0.1) is 13.5 Å². The molecule has 0 bridgehead atoms. The van der Waals surface area contributed by atoms with Crippen molar-refractivity contribution >= 4 is 18.0 Å². The molecule has 104 valence electrons. The van der Waals surface area contributed by atoms with Crippen LogP contribution in [-0.4, -0.2) is 54.7 Å². The van der Waals surface area contributed by atoms with Crippen molar-refractivity contribution in [2.24, 2.45) is 5.92 Å². The van der Waals surface area contributed by atoms with Crippen LogP contribution in [0.1, 0.15) is 20.3 Å². The minimum Gasteiger partial charge on any atom is -0.480 e. The Morgan fingerprint density at radius 2 is 1.89 bits per heavy atom. The average molecular weight is 260 g/mol. The predicted molar refractivity (Wildman–Crippen MR) is 64.1 cm³/mol. The maximum atomic E-state index is 11.7. The van der Waals surface area contributed by atoms with Crippen molar-refractivity contribution < 1.29 is 24.2 Å². The van der Waals surface area contributed by atoms with Crippen molar-refractivity contribution in [3.63, 3.8) is 0 Å². The van der Waals surface area contributed by atoms with E-state index in [1.165, 1.54) is 19.1 Å². The van der Waals surface area contributed by atoms with Crippen molar-refractivity contribution in [2.45, 2.75) is 26.3 Å². The first-order valence-electron chi connectivity index (χ1n) is 5.60. The molecule has 0 aromatic heterocycles. The molecule has 2 N–H and O–H groups in total. The molecule has 18 heavy (non-hydrogen) atoms. The second-order valence-electron chi connectivity index (χ2n) is 4.26. The highest BCUT2D eigenvalue weighted by Gasteiger charge is 2.24. The van der Waals surface area contributed by atoms with Crippen LogP contribution in [0.2, 0.25) is 0 Å². The van der Waals surface area contributed by atoms with Gasteiger partial charge in [-0.15, -0.1) is 0 Å². The summed E-state index contributed by atoms with van der Waals surface area (Å²) in [5, 5.41) is 11.3. The van der Waals surface area contributed by atoms with Crippen molar-refractivity contribution in [1.29, 1.82) is 0 Å². The summed E-state index contributed by atoms with van der Waals surface area (Å²) in [7, 11) is 2.75. The lowest BCUT2D eigenvalue weighted by molar-refractivity contribution is -0.141. The monoisotopic (exact) mass is 260 g/mol. The summed E-state index contributed by atoms with van der Waals surface area (Å²) in [6.45, 7) is 3.57. The Morgan fingerprint density at radius 3 is 2.28 bits per heavy atom. The minimum atomic E-state index is -1.08. The highest BCUT2D eigenvalue weighted by molar-refractivity contribution is 5.82. The number of esters is 1. The van der Waals surface area contributed by atoms with E-state index in [1.54, 1.807) is 13.8 Å². The number of hydrogen-bond donors (Lipinski definition) is 2. The molecular formula is C11H20N2O5. The van der Waals surface area contributed by atoms with Gasteiger partial charge in [-0.2, -0.15) is 0 Å². The van der Waals surface area contributed by atoms with Crippen molar-refractivity contribution in [3.05, 3.63) is 0 Å². The van der Waals surface area contributed by atoms with Crippen molar-refractivity contribution in [3.8, 4) is 0 Å². The van der Waals surface area contributed by atoms with Crippen LogP contribution in [0.3, 0.4) is 0 Å². The fraction of sp³-hybridized carbons (Fsp3) is 0.727. The molecule has 0 fully saturated rings. The van der Waals surface area contributed by atoms with E-state index in [0.717, 1.165) is 0 Å². The normalized spacial score (nSPS) is 11.8. The molecule has 1 atom stereocenters. The third-order valence-corrected chi connectivity index (χ3v) is 2.44. The Hall–Kier alpha value is -1.79. The van der Waals surface area contributed by atoms with E-state index in [4.69, 9.17) is 5.11 Å². The Balaban J connectivity index is 4.29. The molecular weight excluding hydrogens is 240 g/mol. The van der Waals surface area contributed by atoms with Gasteiger partial charge in [-0.05, 0) is 5.92 Å². The maximum absolute atomic E-state index is 11.7. The van der Waals surface area contributed by atoms with Crippen LogP contribution in [0.25, 0.3) is 0 Å². The first-order valence-corrected chi connectivity index (χ1v) is 5.60. The first kappa shape index (κ1) is 16.2. The van der Waals surface area contributed by atoms with Crippen LogP contribution in [-0.2, 0) is 14.3 Å². The number of rotatable bonds is 6. The molecule has 0 aromatic carbocycles. The highest BCUT2D eigenvalue weighted by Crippen LogP contribution is 2.02. The van der Waals surface area contributed by atoms with E-state index in [9.17, 15) is 14.4 Å². The van der Waals surface area contributed by atoms with Crippen molar-refractivity contribution in [1.82, 2.24) is 10.2 Å². The molecule has 0 rings (SSSR count). The SMILES string of the molecule is COC(=O)CCN(C)C(=O)N[C@@H](C(=O)O)C(C)C. The number of carboxylic acid groups (broad SMARTS) is 1. The van der Waals surface area contributed by atoms with Crippen LogP contribution in [0.5, 0.6) is 0 Å². The van der Waals surface area contributed by atoms with Gasteiger partial charge in [0, 0.05) is 13.6 Å². The number of urea groups is 1. The van der Waals surface area contributed by atoms with Gasteiger partial charge < -0.3 is 20.1 Å². The number of nitrogens with zero attached hydrogens (tertiary/aromatic N) is 1. The van der Waals surface area contributed by atoms with Crippen LogP contribution in [0.4, 0.5) is 4.79 Å². The van der Waals surface area contributed by atoms with Crippen LogP contribution < -0.4 is 5.32 Å². The molecule has 0 aromatic rings. The summed E-state index contributed by atoms with van der Waals surface area (Å²) < 4.78 is 4.45. The van der Waals surface area contributed by atoms with Gasteiger partial charge in [0.2, 0.25) is 0 Å². The second kappa shape index (κ2) is 7.52. The van der Waals surface area contributed by atoms with Gasteiger partial charge in [0.1, 0.15) is 6.04 Å². The Labute approximate surface area is 106 Å². The molecule has 0 unspecified atom stereocenters. The molecule has 0 aliphatic rings. The third kappa shape index (κ3) is 5.51. The van der Waals surface area contributed by atoms with E-state index >= 15 is 0 Å². The zero-order chi connectivity index (χ0) is 14.3. The molecule has 0 saturated carbocycles. The lowest BCUT2D eigenvalue weighted by Gasteiger charge is -2.23. The van der Waals surface area contributed by atoms with E-state index in [1.807, 2.05) is 0 Å². The molecule has 0 aliphatic carbocycles. The summed E-state index contributed by atoms with van der Waals surface area (Å²) in [4.78, 5) is 34.7. The minimum absolute atomic E-state index is 0.0693. The molecule has 0 radical (unpaired) electrons. The number of carbonyl (C=O) groups is 3. The van der Waals surface area contributed by atoms with E-state index < -0.39 is 24.0 Å². The Bertz CT molecular complexity index is 317. The smallest absolute Gasteiger partial charge is 0.326 e. The molecule has 0 aliphatic heterocycles. The number of methoxy groups -OCH3 is 1. The third-order valence-electron chi connectivity index (χ3n) is 2.44. The number of carboxylic acids is 1. The van der Waals surface area contributed by atoms with Gasteiger partial charge in [0.15, 0.2) is 0 Å². The lowest BCUT2D eigenvalue weighted by atomic mass is 10.1. The average Bonchev–Trinajstić information content (AvgIpc) is 2.30.